The predicted molar refractivity (Wildman–Crippen MR) is 82.2 cm³/mol. The minimum Gasteiger partial charge on any atom is -0.326 e. The largest absolute Gasteiger partial charge is 0.326 e. The molecule has 3 N–H and O–H groups in total. The number of rotatable bonds is 5. The van der Waals surface area contributed by atoms with Gasteiger partial charge in [-0.2, -0.15) is 11.3 Å². The molecular weight excluding hydrogens is 292 g/mol. The first-order valence-corrected chi connectivity index (χ1v) is 8.67. The van der Waals surface area contributed by atoms with E-state index in [4.69, 9.17) is 5.73 Å². The third kappa shape index (κ3) is 3.27. The van der Waals surface area contributed by atoms with Gasteiger partial charge < -0.3 is 5.73 Å². The molecule has 0 saturated carbocycles. The van der Waals surface area contributed by atoms with Crippen molar-refractivity contribution in [1.82, 2.24) is 4.72 Å². The van der Waals surface area contributed by atoms with Crippen LogP contribution in [0.3, 0.4) is 0 Å². The van der Waals surface area contributed by atoms with E-state index >= 15 is 0 Å². The van der Waals surface area contributed by atoms with Crippen LogP contribution in [0.15, 0.2) is 33.9 Å². The molecule has 0 aliphatic carbocycles. The van der Waals surface area contributed by atoms with Gasteiger partial charge in [0.15, 0.2) is 0 Å². The lowest BCUT2D eigenvalue weighted by atomic mass is 10.1. The molecule has 0 atom stereocenters. The lowest BCUT2D eigenvalue weighted by Crippen LogP contribution is -2.24. The van der Waals surface area contributed by atoms with Gasteiger partial charge >= 0.3 is 0 Å². The molecular formula is C14H18N2O2S2. The van der Waals surface area contributed by atoms with Crippen molar-refractivity contribution in [3.63, 3.8) is 0 Å². The van der Waals surface area contributed by atoms with E-state index < -0.39 is 10.0 Å². The fraction of sp³-hybridized carbons (Fsp3) is 0.286. The predicted octanol–water partition coefficient (Wildman–Crippen LogP) is 2.30. The summed E-state index contributed by atoms with van der Waals surface area (Å²) in [5, 5.41) is 3.96. The van der Waals surface area contributed by atoms with Gasteiger partial charge in [0.2, 0.25) is 10.0 Å². The molecule has 0 amide bonds. The Morgan fingerprint density at radius 2 is 1.95 bits per heavy atom. The molecule has 4 nitrogen and oxygen atoms in total. The second-order valence-corrected chi connectivity index (χ2v) is 7.19. The van der Waals surface area contributed by atoms with Crippen molar-refractivity contribution in [2.75, 3.05) is 0 Å². The van der Waals surface area contributed by atoms with Crippen molar-refractivity contribution in [3.05, 3.63) is 51.2 Å². The summed E-state index contributed by atoms with van der Waals surface area (Å²) >= 11 is 1.57. The Balaban J connectivity index is 2.24. The normalized spacial score (nSPS) is 11.8. The maximum absolute atomic E-state index is 12.4. The molecule has 2 aromatic rings. The number of nitrogens with two attached hydrogens (primary N) is 1. The number of thiophene rings is 1. The number of nitrogens with one attached hydrogen (secondary N) is 1. The number of aryl methyl sites for hydroxylation is 2. The quantitative estimate of drug-likeness (QED) is 0.890. The zero-order valence-electron chi connectivity index (χ0n) is 11.5. The molecule has 108 valence electrons. The highest BCUT2D eigenvalue weighted by atomic mass is 32.2. The summed E-state index contributed by atoms with van der Waals surface area (Å²) in [7, 11) is -3.52. The standard InChI is InChI=1S/C14H18N2O2S2/c1-10-3-4-12(6-15)5-14(10)20(17,18)16-7-13-9-19-8-11(13)2/h3-5,8-9,16H,6-7,15H2,1-2H3. The summed E-state index contributed by atoms with van der Waals surface area (Å²) in [6.45, 7) is 4.39. The monoisotopic (exact) mass is 310 g/mol. The van der Waals surface area contributed by atoms with Crippen molar-refractivity contribution in [1.29, 1.82) is 0 Å². The van der Waals surface area contributed by atoms with E-state index in [-0.39, 0.29) is 0 Å². The number of sulfonamides is 1. The fourth-order valence-corrected chi connectivity index (χ4v) is 4.04. The van der Waals surface area contributed by atoms with Crippen molar-refractivity contribution in [2.45, 2.75) is 31.8 Å². The molecule has 1 aromatic carbocycles. The highest BCUT2D eigenvalue weighted by Crippen LogP contribution is 2.18. The van der Waals surface area contributed by atoms with Crippen LogP contribution < -0.4 is 10.5 Å². The maximum Gasteiger partial charge on any atom is 0.241 e. The van der Waals surface area contributed by atoms with E-state index in [2.05, 4.69) is 4.72 Å². The molecule has 2 rings (SSSR count). The van der Waals surface area contributed by atoms with Crippen LogP contribution in [0.5, 0.6) is 0 Å². The van der Waals surface area contributed by atoms with E-state index in [1.807, 2.05) is 23.8 Å². The van der Waals surface area contributed by atoms with Gasteiger partial charge in [0.05, 0.1) is 4.90 Å². The molecule has 0 aliphatic rings. The zero-order chi connectivity index (χ0) is 14.8. The minimum atomic E-state index is -3.52. The van der Waals surface area contributed by atoms with Crippen LogP contribution in [0.25, 0.3) is 0 Å². The second-order valence-electron chi connectivity index (χ2n) is 4.71. The molecule has 0 radical (unpaired) electrons. The Bertz CT molecular complexity index is 706. The molecule has 0 fully saturated rings. The van der Waals surface area contributed by atoms with E-state index in [9.17, 15) is 8.42 Å². The molecule has 0 saturated heterocycles. The lowest BCUT2D eigenvalue weighted by molar-refractivity contribution is 0.580. The molecule has 1 heterocycles. The number of hydrogen-bond acceptors (Lipinski definition) is 4. The van der Waals surface area contributed by atoms with Gasteiger partial charge in [0, 0.05) is 13.1 Å². The van der Waals surface area contributed by atoms with Gasteiger partial charge in [-0.25, -0.2) is 13.1 Å². The van der Waals surface area contributed by atoms with Crippen LogP contribution in [-0.4, -0.2) is 8.42 Å². The van der Waals surface area contributed by atoms with Crippen LogP contribution in [0.2, 0.25) is 0 Å². The molecule has 6 heteroatoms. The van der Waals surface area contributed by atoms with E-state index in [0.29, 0.717) is 18.0 Å². The first-order chi connectivity index (χ1) is 9.44. The van der Waals surface area contributed by atoms with Crippen molar-refractivity contribution >= 4 is 21.4 Å². The van der Waals surface area contributed by atoms with Gasteiger partial charge in [-0.15, -0.1) is 0 Å². The van der Waals surface area contributed by atoms with E-state index in [1.165, 1.54) is 0 Å². The highest BCUT2D eigenvalue weighted by Gasteiger charge is 2.17. The van der Waals surface area contributed by atoms with Gasteiger partial charge in [-0.3, -0.25) is 0 Å². The lowest BCUT2D eigenvalue weighted by Gasteiger charge is -2.10. The van der Waals surface area contributed by atoms with Crippen molar-refractivity contribution in [2.24, 2.45) is 5.73 Å². The van der Waals surface area contributed by atoms with Gasteiger partial charge in [-0.05, 0) is 52.9 Å². The topological polar surface area (TPSA) is 72.2 Å². The SMILES string of the molecule is Cc1cscc1CNS(=O)(=O)c1cc(CN)ccc1C. The summed E-state index contributed by atoms with van der Waals surface area (Å²) in [5.74, 6) is 0. The summed E-state index contributed by atoms with van der Waals surface area (Å²) in [6, 6.07) is 5.27. The van der Waals surface area contributed by atoms with Crippen molar-refractivity contribution < 1.29 is 8.42 Å². The van der Waals surface area contributed by atoms with Gasteiger partial charge in [-0.1, -0.05) is 12.1 Å². The highest BCUT2D eigenvalue weighted by molar-refractivity contribution is 7.89. The molecule has 0 unspecified atom stereocenters. The average molecular weight is 310 g/mol. The second kappa shape index (κ2) is 6.05. The Morgan fingerprint density at radius 1 is 1.20 bits per heavy atom. The Hall–Kier alpha value is -1.21. The van der Waals surface area contributed by atoms with Crippen LogP contribution >= 0.6 is 11.3 Å². The first kappa shape index (κ1) is 15.2. The molecule has 1 aromatic heterocycles. The minimum absolute atomic E-state index is 0.299. The first-order valence-electron chi connectivity index (χ1n) is 6.25. The molecule has 20 heavy (non-hydrogen) atoms. The molecule has 0 bridgehead atoms. The number of benzene rings is 1. The van der Waals surface area contributed by atoms with Gasteiger partial charge in [0.1, 0.15) is 0 Å². The summed E-state index contributed by atoms with van der Waals surface area (Å²) < 4.78 is 27.4. The third-order valence-corrected chi connectivity index (χ3v) is 5.65. The van der Waals surface area contributed by atoms with Crippen molar-refractivity contribution in [3.8, 4) is 0 Å². The van der Waals surface area contributed by atoms with Crippen LogP contribution in [0.4, 0.5) is 0 Å². The average Bonchev–Trinajstić information content (AvgIpc) is 2.82. The third-order valence-electron chi connectivity index (χ3n) is 3.19. The summed E-state index contributed by atoms with van der Waals surface area (Å²) in [5.41, 5.74) is 9.20. The van der Waals surface area contributed by atoms with Crippen LogP contribution in [0.1, 0.15) is 22.3 Å². The van der Waals surface area contributed by atoms with Crippen LogP contribution in [0, 0.1) is 13.8 Å². The smallest absolute Gasteiger partial charge is 0.241 e. The Labute approximate surface area is 123 Å². The van der Waals surface area contributed by atoms with Crippen LogP contribution in [-0.2, 0) is 23.1 Å². The summed E-state index contributed by atoms with van der Waals surface area (Å²) in [6.07, 6.45) is 0. The Morgan fingerprint density at radius 3 is 2.55 bits per heavy atom. The van der Waals surface area contributed by atoms with E-state index in [0.717, 1.165) is 22.3 Å². The molecule has 0 aliphatic heterocycles. The zero-order valence-corrected chi connectivity index (χ0v) is 13.1. The fourth-order valence-electron chi connectivity index (χ4n) is 1.88. The summed E-state index contributed by atoms with van der Waals surface area (Å²) in [4.78, 5) is 0.299. The Kier molecular flexibility index (Phi) is 4.59. The molecule has 0 spiro atoms. The van der Waals surface area contributed by atoms with Gasteiger partial charge in [0.25, 0.3) is 0 Å². The maximum atomic E-state index is 12.4. The van der Waals surface area contributed by atoms with E-state index in [1.54, 1.807) is 30.4 Å². The number of hydrogen-bond donors (Lipinski definition) is 2.